The van der Waals surface area contributed by atoms with Crippen molar-refractivity contribution in [3.05, 3.63) is 60.1 Å². The molecule has 0 aromatic carbocycles. The Bertz CT molecular complexity index is 1210. The highest BCUT2D eigenvalue weighted by atomic mass is 19.1. The third kappa shape index (κ3) is 3.82. The van der Waals surface area contributed by atoms with Gasteiger partial charge in [-0.3, -0.25) is 4.98 Å². The van der Waals surface area contributed by atoms with Gasteiger partial charge >= 0.3 is 0 Å². The fraction of sp³-hybridized carbons (Fsp3) is 0.364. The van der Waals surface area contributed by atoms with Crippen molar-refractivity contribution in [2.45, 2.75) is 31.9 Å². The molecular weight excluding hydrogens is 413 g/mol. The molecule has 10 heteroatoms. The first-order valence-corrected chi connectivity index (χ1v) is 10.6. The summed E-state index contributed by atoms with van der Waals surface area (Å²) in [6.45, 7) is 3.64. The van der Waals surface area contributed by atoms with Crippen molar-refractivity contribution in [3.8, 4) is 17.0 Å². The van der Waals surface area contributed by atoms with Gasteiger partial charge in [-0.1, -0.05) is 5.21 Å². The average Bonchev–Trinajstić information content (AvgIpc) is 3.45. The SMILES string of the molecule is Cc1c(-c2cc(O[C@H](CO)c3ccc(F)cn3)c3ccnn3c2)nnn1C1CCNCC1. The minimum absolute atomic E-state index is 0.311. The Kier molecular flexibility index (Phi) is 5.54. The third-order valence-corrected chi connectivity index (χ3v) is 5.84. The van der Waals surface area contributed by atoms with E-state index < -0.39 is 11.9 Å². The summed E-state index contributed by atoms with van der Waals surface area (Å²) < 4.78 is 23.1. The van der Waals surface area contributed by atoms with Gasteiger partial charge < -0.3 is 15.2 Å². The zero-order chi connectivity index (χ0) is 22.1. The first-order chi connectivity index (χ1) is 15.6. The summed E-state index contributed by atoms with van der Waals surface area (Å²) in [5.74, 6) is 0.0684. The van der Waals surface area contributed by atoms with Crippen LogP contribution < -0.4 is 10.1 Å². The molecule has 5 rings (SSSR count). The van der Waals surface area contributed by atoms with E-state index in [0.29, 0.717) is 17.5 Å². The molecule has 0 amide bonds. The van der Waals surface area contributed by atoms with E-state index in [1.165, 1.54) is 12.1 Å². The van der Waals surface area contributed by atoms with E-state index in [9.17, 15) is 9.50 Å². The Labute approximate surface area is 183 Å². The van der Waals surface area contributed by atoms with Crippen molar-refractivity contribution < 1.29 is 14.2 Å². The number of pyridine rings is 2. The van der Waals surface area contributed by atoms with E-state index in [-0.39, 0.29) is 6.61 Å². The monoisotopic (exact) mass is 437 g/mol. The summed E-state index contributed by atoms with van der Waals surface area (Å²) in [6.07, 6.45) is 5.94. The lowest BCUT2D eigenvalue weighted by Crippen LogP contribution is -2.30. The average molecular weight is 437 g/mol. The van der Waals surface area contributed by atoms with Gasteiger partial charge in [0.15, 0.2) is 6.10 Å². The van der Waals surface area contributed by atoms with Gasteiger partial charge in [0, 0.05) is 11.8 Å². The van der Waals surface area contributed by atoms with Crippen molar-refractivity contribution >= 4 is 5.52 Å². The highest BCUT2D eigenvalue weighted by Gasteiger charge is 2.22. The van der Waals surface area contributed by atoms with E-state index in [2.05, 4.69) is 25.7 Å². The molecule has 1 aliphatic heterocycles. The van der Waals surface area contributed by atoms with Crippen LogP contribution in [0.5, 0.6) is 5.75 Å². The maximum Gasteiger partial charge on any atom is 0.163 e. The predicted octanol–water partition coefficient (Wildman–Crippen LogP) is 2.47. The molecule has 0 aliphatic carbocycles. The smallest absolute Gasteiger partial charge is 0.163 e. The standard InChI is InChI=1S/C22H24FN7O2/c1-14-22(27-28-30(14)17-4-7-24-8-5-17)15-10-20(19-6-9-26-29(19)12-15)32-21(13-31)18-3-2-16(23)11-25-18/h2-3,6,9-12,17,21,24,31H,4-5,7-8,13H2,1H3/t21-/m1/s1. The molecule has 4 aromatic rings. The number of nitrogens with zero attached hydrogens (tertiary/aromatic N) is 6. The molecule has 1 fully saturated rings. The van der Waals surface area contributed by atoms with E-state index >= 15 is 0 Å². The van der Waals surface area contributed by atoms with Crippen LogP contribution in [0.15, 0.2) is 42.9 Å². The van der Waals surface area contributed by atoms with Gasteiger partial charge in [-0.05, 0) is 57.1 Å². The number of aromatic nitrogens is 6. The molecular formula is C22H24FN7O2. The number of rotatable bonds is 6. The van der Waals surface area contributed by atoms with E-state index in [0.717, 1.165) is 54.6 Å². The minimum atomic E-state index is -0.754. The van der Waals surface area contributed by atoms with Gasteiger partial charge in [0.2, 0.25) is 0 Å². The predicted molar refractivity (Wildman–Crippen MR) is 115 cm³/mol. The van der Waals surface area contributed by atoms with Crippen molar-refractivity contribution in [2.75, 3.05) is 19.7 Å². The third-order valence-electron chi connectivity index (χ3n) is 5.84. The summed E-state index contributed by atoms with van der Waals surface area (Å²) in [5, 5.41) is 26.5. The Morgan fingerprint density at radius 1 is 1.28 bits per heavy atom. The number of aliphatic hydroxyl groups is 1. The molecule has 0 radical (unpaired) electrons. The Hall–Kier alpha value is -3.37. The van der Waals surface area contributed by atoms with E-state index in [1.54, 1.807) is 10.7 Å². The molecule has 9 nitrogen and oxygen atoms in total. The zero-order valence-corrected chi connectivity index (χ0v) is 17.6. The van der Waals surface area contributed by atoms with Crippen LogP contribution in [0.1, 0.15) is 36.4 Å². The number of hydrogen-bond acceptors (Lipinski definition) is 7. The minimum Gasteiger partial charge on any atom is -0.479 e. The lowest BCUT2D eigenvalue weighted by Gasteiger charge is -2.23. The second-order valence-electron chi connectivity index (χ2n) is 7.89. The maximum absolute atomic E-state index is 13.3. The summed E-state index contributed by atoms with van der Waals surface area (Å²) in [4.78, 5) is 4.05. The summed E-state index contributed by atoms with van der Waals surface area (Å²) >= 11 is 0. The fourth-order valence-corrected chi connectivity index (χ4v) is 4.15. The Morgan fingerprint density at radius 2 is 2.12 bits per heavy atom. The fourth-order valence-electron chi connectivity index (χ4n) is 4.15. The first kappa shape index (κ1) is 20.5. The quantitative estimate of drug-likeness (QED) is 0.478. The number of aliphatic hydroxyl groups excluding tert-OH is 1. The van der Waals surface area contributed by atoms with Crippen LogP contribution in [0.3, 0.4) is 0 Å². The van der Waals surface area contributed by atoms with Crippen LogP contribution in [0.4, 0.5) is 4.39 Å². The number of hydrogen-bond donors (Lipinski definition) is 2. The number of fused-ring (bicyclic) bond motifs is 1. The largest absolute Gasteiger partial charge is 0.479 e. The van der Waals surface area contributed by atoms with Gasteiger partial charge in [0.05, 0.1) is 36.4 Å². The number of nitrogens with one attached hydrogen (secondary N) is 1. The maximum atomic E-state index is 13.3. The highest BCUT2D eigenvalue weighted by Crippen LogP contribution is 2.32. The van der Waals surface area contributed by atoms with Gasteiger partial charge in [-0.15, -0.1) is 5.10 Å². The second-order valence-corrected chi connectivity index (χ2v) is 7.89. The molecule has 166 valence electrons. The van der Waals surface area contributed by atoms with Crippen LogP contribution in [0.25, 0.3) is 16.8 Å². The number of ether oxygens (including phenoxy) is 1. The van der Waals surface area contributed by atoms with Gasteiger partial charge in [0.25, 0.3) is 0 Å². The Balaban J connectivity index is 1.51. The van der Waals surface area contributed by atoms with E-state index in [1.807, 2.05) is 29.9 Å². The molecule has 2 N–H and O–H groups in total. The molecule has 5 heterocycles. The van der Waals surface area contributed by atoms with E-state index in [4.69, 9.17) is 4.74 Å². The van der Waals surface area contributed by atoms with Crippen LogP contribution in [-0.2, 0) is 0 Å². The Morgan fingerprint density at radius 3 is 2.88 bits per heavy atom. The lowest BCUT2D eigenvalue weighted by atomic mass is 10.1. The highest BCUT2D eigenvalue weighted by molar-refractivity contribution is 5.70. The van der Waals surface area contributed by atoms with Crippen molar-refractivity contribution in [1.82, 2.24) is 34.9 Å². The molecule has 1 atom stereocenters. The topological polar surface area (TPSA) is 102 Å². The summed E-state index contributed by atoms with van der Waals surface area (Å²) in [6, 6.07) is 6.81. The second kappa shape index (κ2) is 8.64. The van der Waals surface area contributed by atoms with Crippen LogP contribution >= 0.6 is 0 Å². The van der Waals surface area contributed by atoms with Crippen LogP contribution in [-0.4, -0.2) is 54.4 Å². The van der Waals surface area contributed by atoms with Crippen LogP contribution in [0, 0.1) is 12.7 Å². The van der Waals surface area contributed by atoms with Gasteiger partial charge in [0.1, 0.15) is 22.8 Å². The molecule has 32 heavy (non-hydrogen) atoms. The molecule has 1 saturated heterocycles. The van der Waals surface area contributed by atoms with Crippen molar-refractivity contribution in [2.24, 2.45) is 0 Å². The molecule has 4 aromatic heterocycles. The summed E-state index contributed by atoms with van der Waals surface area (Å²) in [5.41, 5.74) is 3.71. The van der Waals surface area contributed by atoms with Gasteiger partial charge in [-0.25, -0.2) is 13.6 Å². The van der Waals surface area contributed by atoms with Crippen molar-refractivity contribution in [3.63, 3.8) is 0 Å². The molecule has 0 saturated carbocycles. The molecule has 0 unspecified atom stereocenters. The van der Waals surface area contributed by atoms with Crippen LogP contribution in [0.2, 0.25) is 0 Å². The molecule has 1 aliphatic rings. The number of halogens is 1. The molecule has 0 spiro atoms. The normalized spacial score (nSPS) is 15.8. The lowest BCUT2D eigenvalue weighted by molar-refractivity contribution is 0.114. The molecule has 0 bridgehead atoms. The van der Waals surface area contributed by atoms with Crippen molar-refractivity contribution in [1.29, 1.82) is 0 Å². The van der Waals surface area contributed by atoms with Gasteiger partial charge in [-0.2, -0.15) is 5.10 Å². The number of piperidine rings is 1. The zero-order valence-electron chi connectivity index (χ0n) is 17.6. The summed E-state index contributed by atoms with van der Waals surface area (Å²) in [7, 11) is 0. The first-order valence-electron chi connectivity index (χ1n) is 10.6.